The summed E-state index contributed by atoms with van der Waals surface area (Å²) >= 11 is 5.90. The Bertz CT molecular complexity index is 851. The van der Waals surface area contributed by atoms with Crippen LogP contribution in [0.3, 0.4) is 0 Å². The van der Waals surface area contributed by atoms with E-state index in [-0.39, 0.29) is 23.4 Å². The summed E-state index contributed by atoms with van der Waals surface area (Å²) in [5.41, 5.74) is -0.159. The van der Waals surface area contributed by atoms with Gasteiger partial charge in [-0.25, -0.2) is 9.59 Å². The molecule has 3 aliphatic heterocycles. The van der Waals surface area contributed by atoms with Gasteiger partial charge in [-0.1, -0.05) is 11.6 Å². The number of carbonyl (C=O) groups is 3. The van der Waals surface area contributed by atoms with Gasteiger partial charge in [-0.2, -0.15) is 0 Å². The van der Waals surface area contributed by atoms with Gasteiger partial charge in [0.2, 0.25) is 5.91 Å². The molecule has 1 unspecified atom stereocenters. The molecule has 30 heavy (non-hydrogen) atoms. The Balaban J connectivity index is 1.48. The molecule has 0 radical (unpaired) electrons. The third-order valence-corrected chi connectivity index (χ3v) is 7.25. The monoisotopic (exact) mass is 433 g/mol. The number of piperidine rings is 1. The molecule has 162 valence electrons. The van der Waals surface area contributed by atoms with Crippen molar-refractivity contribution in [3.8, 4) is 0 Å². The van der Waals surface area contributed by atoms with Gasteiger partial charge in [0.25, 0.3) is 0 Å². The number of urea groups is 2. The standard InChI is InChI=1S/C21H28ClN5O3/c1-25(2)19(30)27-13-20(21(14-27)7-10-23-17(21)28)8-11-26(12-9-20)18(29)24-16-5-3-15(22)4-6-16/h3-6H,7-14H2,1-2H3,(H,23,28)(H,24,29). The van der Waals surface area contributed by atoms with Gasteiger partial charge >= 0.3 is 12.1 Å². The first-order valence-corrected chi connectivity index (χ1v) is 10.7. The van der Waals surface area contributed by atoms with Crippen LogP contribution in [0.1, 0.15) is 19.3 Å². The second kappa shape index (κ2) is 7.65. The van der Waals surface area contributed by atoms with Gasteiger partial charge in [-0.3, -0.25) is 4.79 Å². The van der Waals surface area contributed by atoms with Gasteiger partial charge in [-0.15, -0.1) is 0 Å². The summed E-state index contributed by atoms with van der Waals surface area (Å²) in [6.45, 7) is 2.76. The molecule has 3 aliphatic rings. The second-order valence-electron chi connectivity index (χ2n) is 8.83. The van der Waals surface area contributed by atoms with Crippen molar-refractivity contribution in [2.45, 2.75) is 19.3 Å². The Labute approximate surface area is 181 Å². The number of nitrogens with one attached hydrogen (secondary N) is 2. The number of hydrogen-bond acceptors (Lipinski definition) is 3. The number of amides is 5. The molecule has 3 saturated heterocycles. The van der Waals surface area contributed by atoms with Crippen LogP contribution in [-0.4, -0.2) is 79.5 Å². The van der Waals surface area contributed by atoms with Crippen LogP contribution in [0, 0.1) is 10.8 Å². The van der Waals surface area contributed by atoms with Crippen LogP contribution in [0.4, 0.5) is 15.3 Å². The van der Waals surface area contributed by atoms with Crippen molar-refractivity contribution in [1.29, 1.82) is 0 Å². The number of benzene rings is 1. The van der Waals surface area contributed by atoms with Crippen LogP contribution >= 0.6 is 11.6 Å². The molecule has 0 saturated carbocycles. The minimum absolute atomic E-state index is 0.0515. The van der Waals surface area contributed by atoms with E-state index in [2.05, 4.69) is 10.6 Å². The topological polar surface area (TPSA) is 85.0 Å². The van der Waals surface area contributed by atoms with Crippen molar-refractivity contribution in [2.75, 3.05) is 52.1 Å². The maximum atomic E-state index is 12.9. The summed E-state index contributed by atoms with van der Waals surface area (Å²) in [7, 11) is 3.47. The van der Waals surface area contributed by atoms with E-state index in [1.165, 1.54) is 0 Å². The average molecular weight is 434 g/mol. The summed E-state index contributed by atoms with van der Waals surface area (Å²) < 4.78 is 0. The maximum Gasteiger partial charge on any atom is 0.321 e. The lowest BCUT2D eigenvalue weighted by Gasteiger charge is -2.46. The highest BCUT2D eigenvalue weighted by Gasteiger charge is 2.64. The fourth-order valence-electron chi connectivity index (χ4n) is 5.32. The molecule has 0 aliphatic carbocycles. The van der Waals surface area contributed by atoms with Crippen molar-refractivity contribution in [3.63, 3.8) is 0 Å². The SMILES string of the molecule is CN(C)C(=O)N1CC2(CCN(C(=O)Nc3ccc(Cl)cc3)CC2)C2(CCNC2=O)C1. The number of likely N-dealkylation sites (tertiary alicyclic amines) is 2. The highest BCUT2D eigenvalue weighted by atomic mass is 35.5. The van der Waals surface area contributed by atoms with E-state index < -0.39 is 5.41 Å². The van der Waals surface area contributed by atoms with Gasteiger partial charge in [0.05, 0.1) is 5.41 Å². The first-order valence-electron chi connectivity index (χ1n) is 10.3. The first kappa shape index (κ1) is 20.8. The minimum atomic E-state index is -0.558. The van der Waals surface area contributed by atoms with Crippen molar-refractivity contribution < 1.29 is 14.4 Å². The van der Waals surface area contributed by atoms with Crippen LogP contribution in [0.2, 0.25) is 5.02 Å². The zero-order valence-electron chi connectivity index (χ0n) is 17.4. The van der Waals surface area contributed by atoms with E-state index in [1.54, 1.807) is 48.2 Å². The van der Waals surface area contributed by atoms with E-state index >= 15 is 0 Å². The fraction of sp³-hybridized carbons (Fsp3) is 0.571. The number of hydrogen-bond donors (Lipinski definition) is 2. The zero-order valence-corrected chi connectivity index (χ0v) is 18.2. The third-order valence-electron chi connectivity index (χ3n) is 7.00. The van der Waals surface area contributed by atoms with Crippen molar-refractivity contribution >= 4 is 35.3 Å². The summed E-state index contributed by atoms with van der Waals surface area (Å²) in [6.07, 6.45) is 2.14. The lowest BCUT2D eigenvalue weighted by Crippen LogP contribution is -2.53. The molecule has 0 bridgehead atoms. The Morgan fingerprint density at radius 3 is 2.30 bits per heavy atom. The molecule has 4 rings (SSSR count). The molecule has 9 heteroatoms. The number of fused-ring (bicyclic) bond motifs is 1. The minimum Gasteiger partial charge on any atom is -0.356 e. The largest absolute Gasteiger partial charge is 0.356 e. The number of nitrogens with zero attached hydrogens (tertiary/aromatic N) is 3. The maximum absolute atomic E-state index is 12.9. The summed E-state index contributed by atoms with van der Waals surface area (Å²) in [5, 5.41) is 6.51. The van der Waals surface area contributed by atoms with E-state index in [9.17, 15) is 14.4 Å². The quantitative estimate of drug-likeness (QED) is 0.713. The average Bonchev–Trinajstić information content (AvgIpc) is 3.25. The summed E-state index contributed by atoms with van der Waals surface area (Å²) in [4.78, 5) is 43.5. The van der Waals surface area contributed by atoms with Crippen molar-refractivity contribution in [3.05, 3.63) is 29.3 Å². The predicted octanol–water partition coefficient (Wildman–Crippen LogP) is 2.46. The summed E-state index contributed by atoms with van der Waals surface area (Å²) in [6, 6.07) is 6.79. The molecule has 3 fully saturated rings. The molecule has 0 aromatic heterocycles. The van der Waals surface area contributed by atoms with Crippen LogP contribution in [0.25, 0.3) is 0 Å². The summed E-state index contributed by atoms with van der Waals surface area (Å²) in [5.74, 6) is 0.0515. The van der Waals surface area contributed by atoms with Crippen LogP contribution in [0.5, 0.6) is 0 Å². The van der Waals surface area contributed by atoms with E-state index in [0.29, 0.717) is 56.3 Å². The molecule has 1 aromatic carbocycles. The van der Waals surface area contributed by atoms with Crippen LogP contribution in [0.15, 0.2) is 24.3 Å². The molecule has 1 atom stereocenters. The molecule has 5 amide bonds. The van der Waals surface area contributed by atoms with Gasteiger partial charge in [0.1, 0.15) is 0 Å². The predicted molar refractivity (Wildman–Crippen MR) is 114 cm³/mol. The van der Waals surface area contributed by atoms with Crippen molar-refractivity contribution in [2.24, 2.45) is 10.8 Å². The van der Waals surface area contributed by atoms with E-state index in [4.69, 9.17) is 11.6 Å². The Morgan fingerprint density at radius 2 is 1.73 bits per heavy atom. The highest BCUT2D eigenvalue weighted by Crippen LogP contribution is 2.56. The van der Waals surface area contributed by atoms with Gasteiger partial charge in [0.15, 0.2) is 0 Å². The second-order valence-corrected chi connectivity index (χ2v) is 9.26. The first-order chi connectivity index (χ1) is 14.3. The molecule has 2 spiro atoms. The molecule has 1 aromatic rings. The number of rotatable bonds is 1. The van der Waals surface area contributed by atoms with E-state index in [0.717, 1.165) is 6.42 Å². The molecule has 2 N–H and O–H groups in total. The number of carbonyl (C=O) groups excluding carboxylic acids is 3. The van der Waals surface area contributed by atoms with Gasteiger partial charge in [0, 0.05) is 62.9 Å². The van der Waals surface area contributed by atoms with Gasteiger partial charge in [-0.05, 0) is 43.5 Å². The van der Waals surface area contributed by atoms with Crippen molar-refractivity contribution in [1.82, 2.24) is 20.0 Å². The van der Waals surface area contributed by atoms with E-state index in [1.807, 2.05) is 4.90 Å². The third kappa shape index (κ3) is 3.37. The number of anilines is 1. The normalized spacial score (nSPS) is 25.0. The molecule has 3 heterocycles. The lowest BCUT2D eigenvalue weighted by atomic mass is 9.60. The number of halogens is 1. The molecular weight excluding hydrogens is 406 g/mol. The Kier molecular flexibility index (Phi) is 5.30. The van der Waals surface area contributed by atoms with Gasteiger partial charge < -0.3 is 25.3 Å². The molecule has 8 nitrogen and oxygen atoms in total. The highest BCUT2D eigenvalue weighted by molar-refractivity contribution is 6.30. The van der Waals surface area contributed by atoms with Crippen LogP contribution in [-0.2, 0) is 4.79 Å². The smallest absolute Gasteiger partial charge is 0.321 e. The lowest BCUT2D eigenvalue weighted by molar-refractivity contribution is -0.133. The zero-order chi connectivity index (χ0) is 21.5. The molecular formula is C21H28ClN5O3. The van der Waals surface area contributed by atoms with Crippen LogP contribution < -0.4 is 10.6 Å². The Morgan fingerprint density at radius 1 is 1.07 bits per heavy atom. The Hall–Kier alpha value is -2.48. The fourth-order valence-corrected chi connectivity index (χ4v) is 5.45.